The van der Waals surface area contributed by atoms with E-state index in [0.717, 1.165) is 83.5 Å². The molecule has 0 spiro atoms. The predicted molar refractivity (Wildman–Crippen MR) is 293 cm³/mol. The average Bonchev–Trinajstić information content (AvgIpc) is 3.34. The highest BCUT2D eigenvalue weighted by Gasteiger charge is 2.19. The summed E-state index contributed by atoms with van der Waals surface area (Å²) in [5.74, 6) is -0.895. The van der Waals surface area contributed by atoms with Crippen LogP contribution in [0.3, 0.4) is 0 Å². The lowest BCUT2D eigenvalue weighted by atomic mass is 10.1. The van der Waals surface area contributed by atoms with Gasteiger partial charge in [0.15, 0.2) is 6.10 Å². The molecule has 6 nitrogen and oxygen atoms in total. The van der Waals surface area contributed by atoms with Crippen LogP contribution in [0.5, 0.6) is 0 Å². The SMILES string of the molecule is CCCCC/C=C\C/C=C\C/C=C\CCCCCCCCC(=O)OCC(COC(=O)CCCCCCC/C=C\CCCCC)OC(=O)CCCCCCCCCCC/C=C\CCCCCCCC. The van der Waals surface area contributed by atoms with Crippen molar-refractivity contribution in [3.63, 3.8) is 0 Å². The summed E-state index contributed by atoms with van der Waals surface area (Å²) in [5.41, 5.74) is 0. The highest BCUT2D eigenvalue weighted by Crippen LogP contribution is 2.15. The average molecular weight is 952 g/mol. The molecule has 0 aliphatic heterocycles. The molecule has 68 heavy (non-hydrogen) atoms. The number of hydrogen-bond donors (Lipinski definition) is 0. The largest absolute Gasteiger partial charge is 0.462 e. The topological polar surface area (TPSA) is 78.9 Å². The third-order valence-corrected chi connectivity index (χ3v) is 12.7. The monoisotopic (exact) mass is 951 g/mol. The molecule has 0 amide bonds. The molecule has 394 valence electrons. The minimum absolute atomic E-state index is 0.0827. The van der Waals surface area contributed by atoms with Crippen LogP contribution in [0.4, 0.5) is 0 Å². The van der Waals surface area contributed by atoms with Gasteiger partial charge in [-0.15, -0.1) is 0 Å². The molecule has 0 N–H and O–H groups in total. The van der Waals surface area contributed by atoms with Gasteiger partial charge in [0.05, 0.1) is 0 Å². The molecule has 0 aliphatic rings. The third kappa shape index (κ3) is 54.1. The Kier molecular flexibility index (Phi) is 54.3. The predicted octanol–water partition coefficient (Wildman–Crippen LogP) is 19.6. The van der Waals surface area contributed by atoms with E-state index in [2.05, 4.69) is 81.5 Å². The summed E-state index contributed by atoms with van der Waals surface area (Å²) in [6.07, 6.45) is 70.6. The molecule has 0 aromatic rings. The van der Waals surface area contributed by atoms with Gasteiger partial charge in [0.2, 0.25) is 0 Å². The van der Waals surface area contributed by atoms with Crippen molar-refractivity contribution < 1.29 is 28.6 Å². The Morgan fingerprint density at radius 1 is 0.294 bits per heavy atom. The van der Waals surface area contributed by atoms with Gasteiger partial charge >= 0.3 is 17.9 Å². The first-order valence-corrected chi connectivity index (χ1v) is 29.3. The van der Waals surface area contributed by atoms with Crippen LogP contribution in [-0.2, 0) is 28.6 Å². The van der Waals surface area contributed by atoms with Gasteiger partial charge in [0, 0.05) is 19.3 Å². The van der Waals surface area contributed by atoms with E-state index in [1.165, 1.54) is 173 Å². The van der Waals surface area contributed by atoms with Crippen molar-refractivity contribution in [3.8, 4) is 0 Å². The van der Waals surface area contributed by atoms with Gasteiger partial charge < -0.3 is 14.2 Å². The first kappa shape index (κ1) is 65.1. The number of rotatable bonds is 53. The molecule has 0 aromatic carbocycles. The van der Waals surface area contributed by atoms with Crippen molar-refractivity contribution >= 4 is 17.9 Å². The molecule has 0 heterocycles. The molecule has 0 radical (unpaired) electrons. The van der Waals surface area contributed by atoms with Crippen molar-refractivity contribution in [1.29, 1.82) is 0 Å². The Bertz CT molecular complexity index is 1230. The second-order valence-corrected chi connectivity index (χ2v) is 19.5. The lowest BCUT2D eigenvalue weighted by molar-refractivity contribution is -0.167. The highest BCUT2D eigenvalue weighted by molar-refractivity contribution is 5.71. The van der Waals surface area contributed by atoms with Crippen LogP contribution >= 0.6 is 0 Å². The van der Waals surface area contributed by atoms with E-state index in [-0.39, 0.29) is 31.1 Å². The Morgan fingerprint density at radius 3 is 0.868 bits per heavy atom. The van der Waals surface area contributed by atoms with Crippen LogP contribution < -0.4 is 0 Å². The molecular weight excluding hydrogens is 841 g/mol. The van der Waals surface area contributed by atoms with E-state index in [1.54, 1.807) is 0 Å². The molecule has 0 aliphatic carbocycles. The standard InChI is InChI=1S/C62H110O6/c1-4-7-10-13-16-19-22-25-27-29-31-33-35-37-40-43-46-49-52-55-61(64)67-58-59(57-66-60(63)54-51-48-45-42-39-24-21-18-15-12-9-6-3)68-62(65)56-53-50-47-44-41-38-36-34-32-30-28-26-23-20-17-14-11-8-5-2/h16,18-19,21,25-28,31,33,59H,4-15,17,20,22-24,29-30,32,34-58H2,1-3H3/b19-16-,21-18-,27-25-,28-26-,33-31-. The van der Waals surface area contributed by atoms with E-state index in [0.29, 0.717) is 19.3 Å². The second-order valence-electron chi connectivity index (χ2n) is 19.5. The smallest absolute Gasteiger partial charge is 0.306 e. The van der Waals surface area contributed by atoms with E-state index >= 15 is 0 Å². The summed E-state index contributed by atoms with van der Waals surface area (Å²) in [4.78, 5) is 38.1. The van der Waals surface area contributed by atoms with E-state index in [4.69, 9.17) is 14.2 Å². The van der Waals surface area contributed by atoms with Crippen LogP contribution in [0.2, 0.25) is 0 Å². The molecule has 1 atom stereocenters. The number of carbonyl (C=O) groups excluding carboxylic acids is 3. The number of allylic oxidation sites excluding steroid dienone is 10. The van der Waals surface area contributed by atoms with E-state index < -0.39 is 6.10 Å². The quantitative estimate of drug-likeness (QED) is 0.0262. The molecule has 0 bridgehead atoms. The Balaban J connectivity index is 4.36. The molecule has 0 fully saturated rings. The van der Waals surface area contributed by atoms with Gasteiger partial charge in [-0.05, 0) is 109 Å². The number of carbonyl (C=O) groups is 3. The van der Waals surface area contributed by atoms with Crippen LogP contribution in [0.25, 0.3) is 0 Å². The molecule has 1 unspecified atom stereocenters. The van der Waals surface area contributed by atoms with Crippen molar-refractivity contribution in [1.82, 2.24) is 0 Å². The summed E-state index contributed by atoms with van der Waals surface area (Å²) in [6.45, 7) is 6.59. The Morgan fingerprint density at radius 2 is 0.529 bits per heavy atom. The van der Waals surface area contributed by atoms with Crippen molar-refractivity contribution in [2.24, 2.45) is 0 Å². The van der Waals surface area contributed by atoms with Crippen molar-refractivity contribution in [3.05, 3.63) is 60.8 Å². The number of ether oxygens (including phenoxy) is 3. The van der Waals surface area contributed by atoms with Crippen LogP contribution in [-0.4, -0.2) is 37.2 Å². The minimum Gasteiger partial charge on any atom is -0.462 e. The number of hydrogen-bond acceptors (Lipinski definition) is 6. The maximum absolute atomic E-state index is 12.9. The molecule has 0 saturated carbocycles. The fraction of sp³-hybridized carbons (Fsp3) is 0.790. The lowest BCUT2D eigenvalue weighted by Gasteiger charge is -2.18. The van der Waals surface area contributed by atoms with E-state index in [1.807, 2.05) is 0 Å². The summed E-state index contributed by atoms with van der Waals surface area (Å²) < 4.78 is 16.9. The first-order chi connectivity index (χ1) is 33.5. The number of unbranched alkanes of at least 4 members (excludes halogenated alkanes) is 32. The minimum atomic E-state index is -0.784. The maximum Gasteiger partial charge on any atom is 0.306 e. The van der Waals surface area contributed by atoms with Crippen molar-refractivity contribution in [2.75, 3.05) is 13.2 Å². The molecule has 0 aromatic heterocycles. The summed E-state index contributed by atoms with van der Waals surface area (Å²) in [7, 11) is 0. The number of esters is 3. The van der Waals surface area contributed by atoms with Gasteiger partial charge in [0.1, 0.15) is 13.2 Å². The fourth-order valence-corrected chi connectivity index (χ4v) is 8.26. The Labute approximate surface area is 421 Å². The third-order valence-electron chi connectivity index (χ3n) is 12.7. The van der Waals surface area contributed by atoms with Crippen LogP contribution in [0.1, 0.15) is 297 Å². The molecule has 0 rings (SSSR count). The maximum atomic E-state index is 12.9. The summed E-state index contributed by atoms with van der Waals surface area (Å²) >= 11 is 0. The first-order valence-electron chi connectivity index (χ1n) is 29.3. The van der Waals surface area contributed by atoms with Crippen LogP contribution in [0.15, 0.2) is 60.8 Å². The summed E-state index contributed by atoms with van der Waals surface area (Å²) in [6, 6.07) is 0. The van der Waals surface area contributed by atoms with Crippen LogP contribution in [0, 0.1) is 0 Å². The zero-order valence-electron chi connectivity index (χ0n) is 45.1. The molecule has 6 heteroatoms. The van der Waals surface area contributed by atoms with Gasteiger partial charge in [-0.25, -0.2) is 0 Å². The molecule has 0 saturated heterocycles. The van der Waals surface area contributed by atoms with Gasteiger partial charge in [-0.1, -0.05) is 229 Å². The van der Waals surface area contributed by atoms with Gasteiger partial charge in [0.25, 0.3) is 0 Å². The highest BCUT2D eigenvalue weighted by atomic mass is 16.6. The van der Waals surface area contributed by atoms with E-state index in [9.17, 15) is 14.4 Å². The van der Waals surface area contributed by atoms with Crippen molar-refractivity contribution in [2.45, 2.75) is 303 Å². The van der Waals surface area contributed by atoms with Gasteiger partial charge in [-0.2, -0.15) is 0 Å². The Hall–Kier alpha value is -2.89. The molecular formula is C62H110O6. The zero-order valence-corrected chi connectivity index (χ0v) is 45.1. The summed E-state index contributed by atoms with van der Waals surface area (Å²) in [5, 5.41) is 0. The lowest BCUT2D eigenvalue weighted by Crippen LogP contribution is -2.30. The normalized spacial score (nSPS) is 12.5. The van der Waals surface area contributed by atoms with Gasteiger partial charge in [-0.3, -0.25) is 14.4 Å². The second kappa shape index (κ2) is 56.7. The fourth-order valence-electron chi connectivity index (χ4n) is 8.26. The zero-order chi connectivity index (χ0) is 49.3.